The molecule has 0 bridgehead atoms. The minimum absolute atomic E-state index is 0.138. The number of methoxy groups -OCH3 is 1. The fourth-order valence-corrected chi connectivity index (χ4v) is 6.09. The number of amides is 1. The van der Waals surface area contributed by atoms with Gasteiger partial charge in [-0.1, -0.05) is 37.0 Å². The molecule has 0 radical (unpaired) electrons. The predicted octanol–water partition coefficient (Wildman–Crippen LogP) is 4.62. The molecule has 4 rings (SSSR count). The van der Waals surface area contributed by atoms with Crippen molar-refractivity contribution in [1.29, 1.82) is 0 Å². The number of carbonyl (C=O) groups excluding carboxylic acids is 1. The van der Waals surface area contributed by atoms with E-state index in [0.717, 1.165) is 24.2 Å². The Morgan fingerprint density at radius 1 is 1.14 bits per heavy atom. The summed E-state index contributed by atoms with van der Waals surface area (Å²) in [5.41, 5.74) is 1.44. The Morgan fingerprint density at radius 3 is 2.37 bits per heavy atom. The second-order valence-electron chi connectivity index (χ2n) is 9.23. The van der Waals surface area contributed by atoms with Gasteiger partial charge in [0.1, 0.15) is 11.5 Å². The third-order valence-electron chi connectivity index (χ3n) is 5.94. The average Bonchev–Trinajstić information content (AvgIpc) is 3.60. The third kappa shape index (κ3) is 6.40. The van der Waals surface area contributed by atoms with Crippen molar-refractivity contribution in [3.63, 3.8) is 0 Å². The summed E-state index contributed by atoms with van der Waals surface area (Å²) in [6.45, 7) is 5.25. The molecule has 0 unspecified atom stereocenters. The van der Waals surface area contributed by atoms with E-state index in [9.17, 15) is 13.2 Å². The number of hydrogen-bond donors (Lipinski definition) is 2. The minimum atomic E-state index is -3.22. The number of ether oxygens (including phenoxy) is 2. The van der Waals surface area contributed by atoms with E-state index < -0.39 is 10.0 Å². The van der Waals surface area contributed by atoms with Gasteiger partial charge in [0.05, 0.1) is 28.9 Å². The second-order valence-corrected chi connectivity index (χ2v) is 12.0. The smallest absolute Gasteiger partial charge is 0.238 e. The van der Waals surface area contributed by atoms with Crippen molar-refractivity contribution in [2.45, 2.75) is 43.9 Å². The van der Waals surface area contributed by atoms with Crippen LogP contribution in [0.3, 0.4) is 0 Å². The Morgan fingerprint density at radius 2 is 1.80 bits per heavy atom. The van der Waals surface area contributed by atoms with Crippen LogP contribution in [0.4, 0.5) is 5.69 Å². The van der Waals surface area contributed by atoms with Gasteiger partial charge in [-0.05, 0) is 49.1 Å². The number of rotatable bonds is 10. The highest BCUT2D eigenvalue weighted by molar-refractivity contribution is 7.90. The molecule has 1 heterocycles. The minimum Gasteiger partial charge on any atom is -0.496 e. The first-order valence-corrected chi connectivity index (χ1v) is 13.7. The van der Waals surface area contributed by atoms with Crippen molar-refractivity contribution in [2.75, 3.05) is 32.1 Å². The van der Waals surface area contributed by atoms with Gasteiger partial charge in [0.2, 0.25) is 15.9 Å². The first kappa shape index (κ1) is 26.0. The van der Waals surface area contributed by atoms with Gasteiger partial charge in [-0.25, -0.2) is 13.1 Å². The lowest BCUT2D eigenvalue weighted by atomic mass is 10.0. The molecule has 1 aliphatic carbocycles. The fourth-order valence-electron chi connectivity index (χ4n) is 3.96. The van der Waals surface area contributed by atoms with Crippen molar-refractivity contribution in [1.82, 2.24) is 9.62 Å². The SMILES string of the molecule is COc1ccc(Oc2c(Cl)cc(NC(=O)CN3CC(NS(=O)(=O)C4CC4)C3)cc2Cl)cc1C(C)C. The Balaban J connectivity index is 1.33. The monoisotopic (exact) mass is 541 g/mol. The normalized spacial score (nSPS) is 16.7. The molecule has 8 nitrogen and oxygen atoms in total. The zero-order valence-electron chi connectivity index (χ0n) is 19.8. The van der Waals surface area contributed by atoms with Crippen molar-refractivity contribution in [2.24, 2.45) is 0 Å². The fraction of sp³-hybridized carbons (Fsp3) is 0.458. The number of likely N-dealkylation sites (tertiary alicyclic amines) is 1. The van der Waals surface area contributed by atoms with Crippen LogP contribution in [-0.4, -0.2) is 57.3 Å². The Labute approximate surface area is 215 Å². The van der Waals surface area contributed by atoms with Crippen LogP contribution in [0.5, 0.6) is 17.2 Å². The van der Waals surface area contributed by atoms with Gasteiger partial charge in [0.25, 0.3) is 0 Å². The molecule has 1 saturated carbocycles. The maximum absolute atomic E-state index is 12.5. The zero-order chi connectivity index (χ0) is 25.3. The highest BCUT2D eigenvalue weighted by atomic mass is 35.5. The van der Waals surface area contributed by atoms with Crippen molar-refractivity contribution in [3.8, 4) is 17.2 Å². The largest absolute Gasteiger partial charge is 0.496 e. The number of benzene rings is 2. The summed E-state index contributed by atoms with van der Waals surface area (Å²) in [6, 6.07) is 8.50. The van der Waals surface area contributed by atoms with E-state index >= 15 is 0 Å². The van der Waals surface area contributed by atoms with Gasteiger partial charge in [-0.2, -0.15) is 0 Å². The lowest BCUT2D eigenvalue weighted by Crippen LogP contribution is -2.60. The molecular formula is C24H29Cl2N3O5S. The molecule has 2 aliphatic rings. The summed E-state index contributed by atoms with van der Waals surface area (Å²) in [4.78, 5) is 14.3. The molecular weight excluding hydrogens is 513 g/mol. The summed E-state index contributed by atoms with van der Waals surface area (Å²) in [5.74, 6) is 1.62. The molecule has 35 heavy (non-hydrogen) atoms. The highest BCUT2D eigenvalue weighted by Crippen LogP contribution is 2.40. The molecule has 2 aromatic rings. The quantitative estimate of drug-likeness (QED) is 0.455. The molecule has 2 fully saturated rings. The van der Waals surface area contributed by atoms with Crippen LogP contribution in [0, 0.1) is 0 Å². The van der Waals surface area contributed by atoms with Crippen LogP contribution < -0.4 is 19.5 Å². The van der Waals surface area contributed by atoms with Crippen LogP contribution >= 0.6 is 23.2 Å². The lowest BCUT2D eigenvalue weighted by Gasteiger charge is -2.38. The van der Waals surface area contributed by atoms with E-state index in [1.54, 1.807) is 25.3 Å². The molecule has 0 atom stereocenters. The van der Waals surface area contributed by atoms with E-state index in [2.05, 4.69) is 23.9 Å². The molecule has 0 spiro atoms. The first-order valence-electron chi connectivity index (χ1n) is 11.4. The summed E-state index contributed by atoms with van der Waals surface area (Å²) in [6.07, 6.45) is 1.45. The third-order valence-corrected chi connectivity index (χ3v) is 8.52. The molecule has 1 aliphatic heterocycles. The molecule has 190 valence electrons. The van der Waals surface area contributed by atoms with Gasteiger partial charge in [0.15, 0.2) is 5.75 Å². The van der Waals surface area contributed by atoms with E-state index in [1.165, 1.54) is 0 Å². The summed E-state index contributed by atoms with van der Waals surface area (Å²) < 4.78 is 38.1. The molecule has 11 heteroatoms. The molecule has 1 amide bonds. The number of sulfonamides is 1. The average molecular weight is 542 g/mol. The van der Waals surface area contributed by atoms with Crippen molar-refractivity contribution < 1.29 is 22.7 Å². The maximum Gasteiger partial charge on any atom is 0.238 e. The maximum atomic E-state index is 12.5. The molecule has 2 aromatic carbocycles. The summed E-state index contributed by atoms with van der Waals surface area (Å²) in [7, 11) is -1.59. The van der Waals surface area contributed by atoms with E-state index in [4.69, 9.17) is 32.7 Å². The highest BCUT2D eigenvalue weighted by Gasteiger charge is 2.39. The van der Waals surface area contributed by atoms with Crippen LogP contribution in [0.15, 0.2) is 30.3 Å². The topological polar surface area (TPSA) is 97.0 Å². The van der Waals surface area contributed by atoms with E-state index in [0.29, 0.717) is 30.3 Å². The zero-order valence-corrected chi connectivity index (χ0v) is 22.1. The van der Waals surface area contributed by atoms with Gasteiger partial charge in [-0.15, -0.1) is 0 Å². The predicted molar refractivity (Wildman–Crippen MR) is 138 cm³/mol. The Hall–Kier alpha value is -2.04. The number of carbonyl (C=O) groups is 1. The van der Waals surface area contributed by atoms with Gasteiger partial charge < -0.3 is 14.8 Å². The number of nitrogens with zero attached hydrogens (tertiary/aromatic N) is 1. The number of nitrogens with one attached hydrogen (secondary N) is 2. The van der Waals surface area contributed by atoms with Crippen LogP contribution in [-0.2, 0) is 14.8 Å². The standard InChI is InChI=1S/C24H29Cl2N3O5S/c1-14(2)19-10-17(4-7-22(19)33-3)34-24-20(25)8-15(9-21(24)26)27-23(30)13-29-11-16(12-29)28-35(31,32)18-5-6-18/h4,7-10,14,16,18,28H,5-6,11-13H2,1-3H3,(H,27,30). The van der Waals surface area contributed by atoms with Crippen LogP contribution in [0.25, 0.3) is 0 Å². The van der Waals surface area contributed by atoms with Crippen LogP contribution in [0.2, 0.25) is 10.0 Å². The van der Waals surface area contributed by atoms with Crippen molar-refractivity contribution in [3.05, 3.63) is 45.9 Å². The molecule has 2 N–H and O–H groups in total. The summed E-state index contributed by atoms with van der Waals surface area (Å²) >= 11 is 12.8. The van der Waals surface area contributed by atoms with Gasteiger partial charge in [-0.3, -0.25) is 9.69 Å². The second kappa shape index (κ2) is 10.5. The Kier molecular flexibility index (Phi) is 7.83. The number of hydrogen-bond acceptors (Lipinski definition) is 6. The number of anilines is 1. The summed E-state index contributed by atoms with van der Waals surface area (Å²) in [5, 5.41) is 3.05. The van der Waals surface area contributed by atoms with Gasteiger partial charge >= 0.3 is 0 Å². The Bertz CT molecular complexity index is 1190. The van der Waals surface area contributed by atoms with E-state index in [-0.39, 0.29) is 39.7 Å². The van der Waals surface area contributed by atoms with Crippen LogP contribution in [0.1, 0.15) is 38.2 Å². The molecule has 0 aromatic heterocycles. The first-order chi connectivity index (χ1) is 16.6. The molecule has 1 saturated heterocycles. The van der Waals surface area contributed by atoms with Gasteiger partial charge in [0, 0.05) is 30.4 Å². The van der Waals surface area contributed by atoms with E-state index in [1.807, 2.05) is 17.0 Å². The number of halogens is 2. The van der Waals surface area contributed by atoms with Crippen molar-refractivity contribution >= 4 is 44.8 Å². The lowest BCUT2D eigenvalue weighted by molar-refractivity contribution is -0.118.